The zero-order valence-corrected chi connectivity index (χ0v) is 17.7. The molecule has 0 saturated heterocycles. The topological polar surface area (TPSA) is 57.7 Å². The van der Waals surface area contributed by atoms with E-state index in [2.05, 4.69) is 10.3 Å². The van der Waals surface area contributed by atoms with Crippen LogP contribution in [0.1, 0.15) is 26.7 Å². The van der Waals surface area contributed by atoms with Gasteiger partial charge in [0.25, 0.3) is 0 Å². The molecule has 1 fully saturated rings. The fourth-order valence-corrected chi connectivity index (χ4v) is 4.05. The maximum Gasteiger partial charge on any atom is 0.249 e. The molecule has 1 aliphatic carbocycles. The number of likely N-dealkylation sites (N-methyl/N-ethyl adjacent to an activating group) is 2. The molecule has 0 bridgehead atoms. The molecular weight excluding hydrogens is 409 g/mol. The number of aromatic nitrogens is 1. The van der Waals surface area contributed by atoms with Gasteiger partial charge in [-0.25, -0.2) is 18.2 Å². The van der Waals surface area contributed by atoms with Crippen molar-refractivity contribution in [3.63, 3.8) is 0 Å². The number of anilines is 3. The lowest BCUT2D eigenvalue weighted by molar-refractivity contribution is -0.119. The summed E-state index contributed by atoms with van der Waals surface area (Å²) in [5.74, 6) is -2.91. The third-order valence-electron chi connectivity index (χ3n) is 6.08. The number of nitrogens with one attached hydrogen (secondary N) is 1. The second kappa shape index (κ2) is 8.28. The zero-order valence-electron chi connectivity index (χ0n) is 17.7. The smallest absolute Gasteiger partial charge is 0.249 e. The molecule has 1 N–H and O–H groups in total. The third kappa shape index (κ3) is 4.00. The summed E-state index contributed by atoms with van der Waals surface area (Å²) in [6.45, 7) is 5.09. The summed E-state index contributed by atoms with van der Waals surface area (Å²) in [6, 6.07) is 3.43. The van der Waals surface area contributed by atoms with E-state index in [-0.39, 0.29) is 23.8 Å². The summed E-state index contributed by atoms with van der Waals surface area (Å²) in [6.07, 6.45) is 2.98. The Kier molecular flexibility index (Phi) is 5.68. The Hall–Kier alpha value is -2.97. The molecule has 2 aliphatic rings. The van der Waals surface area contributed by atoms with Crippen LogP contribution in [0.5, 0.6) is 5.75 Å². The van der Waals surface area contributed by atoms with Crippen molar-refractivity contribution in [3.8, 4) is 5.75 Å². The van der Waals surface area contributed by atoms with Gasteiger partial charge in [-0.1, -0.05) is 0 Å². The van der Waals surface area contributed by atoms with Crippen LogP contribution in [0.15, 0.2) is 24.4 Å². The van der Waals surface area contributed by atoms with Crippen molar-refractivity contribution in [1.82, 2.24) is 4.98 Å². The molecule has 166 valence electrons. The van der Waals surface area contributed by atoms with Crippen molar-refractivity contribution in [2.24, 2.45) is 5.92 Å². The van der Waals surface area contributed by atoms with Crippen LogP contribution < -0.4 is 19.9 Å². The number of nitrogens with zero attached hydrogens (tertiary/aromatic N) is 3. The molecule has 1 aromatic carbocycles. The molecule has 1 aromatic heterocycles. The van der Waals surface area contributed by atoms with Crippen LogP contribution >= 0.6 is 0 Å². The van der Waals surface area contributed by atoms with Gasteiger partial charge < -0.3 is 19.9 Å². The van der Waals surface area contributed by atoms with Crippen molar-refractivity contribution < 1.29 is 22.7 Å². The van der Waals surface area contributed by atoms with Crippen LogP contribution in [-0.4, -0.2) is 43.2 Å². The number of halogens is 3. The maximum atomic E-state index is 13.3. The predicted octanol–water partition coefficient (Wildman–Crippen LogP) is 3.96. The van der Waals surface area contributed by atoms with E-state index in [9.17, 15) is 18.0 Å². The number of amides is 1. The summed E-state index contributed by atoms with van der Waals surface area (Å²) in [7, 11) is 1.90. The minimum absolute atomic E-state index is 0.00338. The first-order chi connectivity index (χ1) is 14.8. The Morgan fingerprint density at radius 2 is 1.84 bits per heavy atom. The Labute approximate surface area is 179 Å². The second-order valence-electron chi connectivity index (χ2n) is 8.09. The van der Waals surface area contributed by atoms with Gasteiger partial charge in [-0.15, -0.1) is 0 Å². The fourth-order valence-electron chi connectivity index (χ4n) is 4.05. The summed E-state index contributed by atoms with van der Waals surface area (Å²) in [5, 5.41) is 3.32. The van der Waals surface area contributed by atoms with Gasteiger partial charge in [0.2, 0.25) is 5.91 Å². The number of carbonyl (C=O) groups is 1. The Bertz CT molecular complexity index is 974. The van der Waals surface area contributed by atoms with Gasteiger partial charge in [0, 0.05) is 38.3 Å². The first-order valence-electron chi connectivity index (χ1n) is 10.4. The molecule has 31 heavy (non-hydrogen) atoms. The molecule has 0 radical (unpaired) electrons. The lowest BCUT2D eigenvalue weighted by Crippen LogP contribution is -2.50. The van der Waals surface area contributed by atoms with Gasteiger partial charge in [-0.05, 0) is 32.6 Å². The molecule has 1 amide bonds. The quantitative estimate of drug-likeness (QED) is 0.698. The van der Waals surface area contributed by atoms with Crippen LogP contribution in [0.25, 0.3) is 0 Å². The molecular formula is C22H25F3N4O2. The van der Waals surface area contributed by atoms with Crippen LogP contribution in [0.2, 0.25) is 0 Å². The van der Waals surface area contributed by atoms with Gasteiger partial charge in [0.05, 0.1) is 23.7 Å². The Balaban J connectivity index is 1.33. The number of hydrogen-bond acceptors (Lipinski definition) is 5. The summed E-state index contributed by atoms with van der Waals surface area (Å²) in [4.78, 5) is 20.6. The third-order valence-corrected chi connectivity index (χ3v) is 6.08. The lowest BCUT2D eigenvalue weighted by Gasteiger charge is -2.39. The van der Waals surface area contributed by atoms with Gasteiger partial charge >= 0.3 is 0 Å². The minimum Gasteiger partial charge on any atom is -0.490 e. The van der Waals surface area contributed by atoms with E-state index >= 15 is 0 Å². The average Bonchev–Trinajstić information content (AvgIpc) is 2.72. The minimum atomic E-state index is -1.49. The molecule has 9 heteroatoms. The van der Waals surface area contributed by atoms with Crippen molar-refractivity contribution in [3.05, 3.63) is 41.8 Å². The Morgan fingerprint density at radius 3 is 2.48 bits per heavy atom. The van der Waals surface area contributed by atoms with Gasteiger partial charge in [0.15, 0.2) is 17.5 Å². The molecule has 1 saturated carbocycles. The van der Waals surface area contributed by atoms with Crippen molar-refractivity contribution in [2.45, 2.75) is 38.8 Å². The van der Waals surface area contributed by atoms with Crippen LogP contribution in [0, 0.1) is 23.4 Å². The monoisotopic (exact) mass is 434 g/mol. The summed E-state index contributed by atoms with van der Waals surface area (Å²) >= 11 is 0. The van der Waals surface area contributed by atoms with Gasteiger partial charge in [0.1, 0.15) is 17.6 Å². The van der Waals surface area contributed by atoms with E-state index in [1.54, 1.807) is 11.1 Å². The number of hydrogen-bond donors (Lipinski definition) is 1. The molecule has 6 nitrogen and oxygen atoms in total. The Morgan fingerprint density at radius 1 is 1.16 bits per heavy atom. The van der Waals surface area contributed by atoms with E-state index in [0.29, 0.717) is 31.8 Å². The van der Waals surface area contributed by atoms with Crippen molar-refractivity contribution >= 4 is 23.1 Å². The van der Waals surface area contributed by atoms with E-state index in [1.807, 2.05) is 31.9 Å². The molecule has 0 unspecified atom stereocenters. The number of benzene rings is 1. The average molecular weight is 434 g/mol. The number of ether oxygens (including phenoxy) is 1. The summed E-state index contributed by atoms with van der Waals surface area (Å²) < 4.78 is 45.2. The van der Waals surface area contributed by atoms with Crippen molar-refractivity contribution in [2.75, 3.05) is 35.3 Å². The second-order valence-corrected chi connectivity index (χ2v) is 8.09. The zero-order chi connectivity index (χ0) is 22.3. The largest absolute Gasteiger partial charge is 0.490 e. The first-order valence-corrected chi connectivity index (χ1v) is 10.4. The highest BCUT2D eigenvalue weighted by atomic mass is 19.2. The van der Waals surface area contributed by atoms with Gasteiger partial charge in [-0.3, -0.25) is 4.79 Å². The fraction of sp³-hybridized carbons (Fsp3) is 0.455. The van der Waals surface area contributed by atoms with E-state index in [1.165, 1.54) is 0 Å². The van der Waals surface area contributed by atoms with Gasteiger partial charge in [-0.2, -0.15) is 0 Å². The molecule has 4 rings (SSSR count). The van der Waals surface area contributed by atoms with Crippen LogP contribution in [0.4, 0.5) is 30.4 Å². The number of fused-ring (bicyclic) bond motifs is 1. The molecule has 2 heterocycles. The number of rotatable bonds is 6. The normalized spacial score (nSPS) is 22.8. The van der Waals surface area contributed by atoms with Crippen LogP contribution in [0.3, 0.4) is 0 Å². The lowest BCUT2D eigenvalue weighted by atomic mass is 9.82. The SMILES string of the molecule is CCN1C(=O)[C@H](C)N(C)c2cc(NCC3CC(Oc4cc(F)c(F)c(F)c4)C3)ncc21. The molecule has 1 atom stereocenters. The number of carbonyl (C=O) groups excluding carboxylic acids is 1. The number of pyridine rings is 1. The van der Waals surface area contributed by atoms with E-state index < -0.39 is 17.5 Å². The highest BCUT2D eigenvalue weighted by molar-refractivity contribution is 6.05. The standard InChI is InChI=1S/C22H25F3N4O2/c1-4-29-19-11-27-20(9-18(19)28(3)12(2)22(29)30)26-10-13-5-14(6-13)31-15-7-16(23)21(25)17(24)8-15/h7-9,11-14H,4-6,10H2,1-3H3,(H,26,27)/t12-,13?,14?/m0/s1. The maximum absolute atomic E-state index is 13.3. The van der Waals surface area contributed by atoms with E-state index in [4.69, 9.17) is 4.74 Å². The molecule has 1 aliphatic heterocycles. The molecule has 0 spiro atoms. The highest BCUT2D eigenvalue weighted by Crippen LogP contribution is 2.37. The highest BCUT2D eigenvalue weighted by Gasteiger charge is 2.34. The first kappa shape index (κ1) is 21.3. The van der Waals surface area contributed by atoms with E-state index in [0.717, 1.165) is 29.3 Å². The molecule has 2 aromatic rings. The van der Waals surface area contributed by atoms with Crippen LogP contribution in [-0.2, 0) is 4.79 Å². The summed E-state index contributed by atoms with van der Waals surface area (Å²) in [5.41, 5.74) is 1.75. The predicted molar refractivity (Wildman–Crippen MR) is 112 cm³/mol. The van der Waals surface area contributed by atoms with Crippen molar-refractivity contribution in [1.29, 1.82) is 0 Å².